The van der Waals surface area contributed by atoms with E-state index in [0.717, 1.165) is 6.42 Å². The van der Waals surface area contributed by atoms with Gasteiger partial charge in [0.2, 0.25) is 5.75 Å². The van der Waals surface area contributed by atoms with Crippen LogP contribution in [0.3, 0.4) is 0 Å². The van der Waals surface area contributed by atoms with E-state index < -0.39 is 17.6 Å². The number of anilines is 2. The maximum atomic E-state index is 13.7. The molecule has 3 aromatic rings. The molecule has 2 aromatic heterocycles. The van der Waals surface area contributed by atoms with E-state index in [0.29, 0.717) is 42.9 Å². The van der Waals surface area contributed by atoms with Gasteiger partial charge in [-0.2, -0.15) is 0 Å². The zero-order valence-corrected chi connectivity index (χ0v) is 21.1. The molecule has 1 aliphatic rings. The average Bonchev–Trinajstić information content (AvgIpc) is 2.89. The summed E-state index contributed by atoms with van der Waals surface area (Å²) < 4.78 is 25.5. The van der Waals surface area contributed by atoms with E-state index in [1.54, 1.807) is 29.3 Å². The number of halogens is 1. The summed E-state index contributed by atoms with van der Waals surface area (Å²) >= 11 is 0. The zero-order valence-electron chi connectivity index (χ0n) is 21.1. The molecular weight excluding hydrogens is 481 g/mol. The van der Waals surface area contributed by atoms with Gasteiger partial charge in [-0.3, -0.25) is 18.9 Å². The minimum Gasteiger partial charge on any atom is -0.486 e. The molecule has 2 amide bonds. The van der Waals surface area contributed by atoms with Crippen LogP contribution >= 0.6 is 0 Å². The van der Waals surface area contributed by atoms with E-state index in [-0.39, 0.29) is 36.1 Å². The number of nitrogens with one attached hydrogen (secondary N) is 1. The maximum Gasteiger partial charge on any atom is 0.414 e. The third kappa shape index (κ3) is 5.65. The number of fused-ring (bicyclic) bond motifs is 1. The minimum absolute atomic E-state index is 0.0967. The van der Waals surface area contributed by atoms with Crippen molar-refractivity contribution in [1.82, 2.24) is 14.7 Å². The molecule has 4 rings (SSSR count). The summed E-state index contributed by atoms with van der Waals surface area (Å²) in [6.07, 6.45) is 3.17. The van der Waals surface area contributed by atoms with Gasteiger partial charge in [0, 0.05) is 33.4 Å². The van der Waals surface area contributed by atoms with Crippen molar-refractivity contribution in [2.75, 3.05) is 43.7 Å². The summed E-state index contributed by atoms with van der Waals surface area (Å²) in [5.74, 6) is -1.18. The first-order valence-electron chi connectivity index (χ1n) is 12.2. The van der Waals surface area contributed by atoms with Gasteiger partial charge >= 0.3 is 11.7 Å². The van der Waals surface area contributed by atoms with Crippen LogP contribution in [0.2, 0.25) is 0 Å². The highest BCUT2D eigenvalue weighted by molar-refractivity contribution is 5.98. The van der Waals surface area contributed by atoms with Gasteiger partial charge < -0.3 is 19.7 Å². The molecule has 3 heterocycles. The van der Waals surface area contributed by atoms with Crippen LogP contribution in [0.1, 0.15) is 42.2 Å². The van der Waals surface area contributed by atoms with Crippen LogP contribution in [0.25, 0.3) is 5.65 Å². The third-order valence-corrected chi connectivity index (χ3v) is 5.95. The number of hydrogen-bond acceptors (Lipinski definition) is 7. The Labute approximate surface area is 213 Å². The number of carbonyl (C=O) groups excluding carboxylic acids is 2. The molecule has 0 aliphatic carbocycles. The molecule has 0 atom stereocenters. The minimum atomic E-state index is -0.626. The fraction of sp³-hybridized carbons (Fsp3) is 0.385. The number of unbranched alkanes of at least 4 members (excludes halogenated alkanes) is 1. The molecule has 11 heteroatoms. The smallest absolute Gasteiger partial charge is 0.414 e. The molecule has 0 spiro atoms. The number of rotatable bonds is 9. The molecule has 196 valence electrons. The number of benzene rings is 1. The van der Waals surface area contributed by atoms with Crippen LogP contribution in [0.5, 0.6) is 5.75 Å². The van der Waals surface area contributed by atoms with E-state index in [9.17, 15) is 18.8 Å². The van der Waals surface area contributed by atoms with Crippen LogP contribution in [0.4, 0.5) is 20.6 Å². The lowest BCUT2D eigenvalue weighted by Gasteiger charge is -2.28. The van der Waals surface area contributed by atoms with Gasteiger partial charge in [-0.05, 0) is 36.6 Å². The highest BCUT2D eigenvalue weighted by atomic mass is 19.1. The summed E-state index contributed by atoms with van der Waals surface area (Å²) in [6, 6.07) is 7.44. The van der Waals surface area contributed by atoms with Gasteiger partial charge in [0.1, 0.15) is 5.82 Å². The first kappa shape index (κ1) is 25.9. The normalized spacial score (nSPS) is 13.4. The van der Waals surface area contributed by atoms with Crippen molar-refractivity contribution in [3.05, 3.63) is 64.0 Å². The summed E-state index contributed by atoms with van der Waals surface area (Å²) in [6.45, 7) is 3.00. The number of ether oxygens (including phenoxy) is 2. The molecule has 0 saturated carbocycles. The molecular formula is C26H30FN5O5. The Hall–Kier alpha value is -4.15. The van der Waals surface area contributed by atoms with Crippen LogP contribution in [-0.2, 0) is 11.3 Å². The maximum absolute atomic E-state index is 13.7. The number of amides is 2. The molecule has 1 fully saturated rings. The summed E-state index contributed by atoms with van der Waals surface area (Å²) in [7, 11) is 3.63. The lowest BCUT2D eigenvalue weighted by atomic mass is 10.2. The van der Waals surface area contributed by atoms with Crippen molar-refractivity contribution < 1.29 is 23.5 Å². The van der Waals surface area contributed by atoms with Crippen molar-refractivity contribution in [2.24, 2.45) is 0 Å². The predicted molar refractivity (Wildman–Crippen MR) is 137 cm³/mol. The molecule has 0 unspecified atom stereocenters. The highest BCUT2D eigenvalue weighted by Gasteiger charge is 2.28. The topological polar surface area (TPSA) is 105 Å². The van der Waals surface area contributed by atoms with E-state index >= 15 is 0 Å². The van der Waals surface area contributed by atoms with E-state index in [2.05, 4.69) is 10.3 Å². The third-order valence-electron chi connectivity index (χ3n) is 5.95. The fourth-order valence-electron chi connectivity index (χ4n) is 3.88. The summed E-state index contributed by atoms with van der Waals surface area (Å²) in [5, 5.41) is 2.73. The van der Waals surface area contributed by atoms with Gasteiger partial charge in [-0.25, -0.2) is 14.2 Å². The molecule has 1 N–H and O–H groups in total. The number of hydrogen-bond donors (Lipinski definition) is 1. The van der Waals surface area contributed by atoms with Crippen molar-refractivity contribution in [1.29, 1.82) is 0 Å². The SMILES string of the molecule is CCCCOc1c(C(=O)NCc2ccc(F)cc2)nc2c(N3CCCOC3=O)cc(N(C)C)cn2c1=O. The van der Waals surface area contributed by atoms with Crippen LogP contribution < -0.4 is 25.4 Å². The molecule has 1 saturated heterocycles. The first-order chi connectivity index (χ1) is 17.8. The summed E-state index contributed by atoms with van der Waals surface area (Å²) in [5.41, 5.74) is 1.05. The molecule has 0 radical (unpaired) electrons. The van der Waals surface area contributed by atoms with Gasteiger partial charge in [0.05, 0.1) is 24.6 Å². The molecule has 0 bridgehead atoms. The lowest BCUT2D eigenvalue weighted by Crippen LogP contribution is -2.39. The quantitative estimate of drug-likeness (QED) is 0.439. The first-order valence-corrected chi connectivity index (χ1v) is 12.2. The van der Waals surface area contributed by atoms with E-state index in [4.69, 9.17) is 9.47 Å². The Morgan fingerprint density at radius 1 is 1.24 bits per heavy atom. The second-order valence-electron chi connectivity index (χ2n) is 8.90. The number of nitrogens with zero attached hydrogens (tertiary/aromatic N) is 4. The predicted octanol–water partition coefficient (Wildman–Crippen LogP) is 3.36. The Morgan fingerprint density at radius 2 is 2.00 bits per heavy atom. The monoisotopic (exact) mass is 511 g/mol. The number of aromatic nitrogens is 2. The average molecular weight is 512 g/mol. The summed E-state index contributed by atoms with van der Waals surface area (Å²) in [4.78, 5) is 47.3. The van der Waals surface area contributed by atoms with Gasteiger partial charge in [0.25, 0.3) is 5.91 Å². The number of pyridine rings is 1. The van der Waals surface area contributed by atoms with Crippen LogP contribution in [-0.4, -0.2) is 55.2 Å². The Bertz CT molecular complexity index is 1360. The van der Waals surface area contributed by atoms with Crippen molar-refractivity contribution in [3.63, 3.8) is 0 Å². The van der Waals surface area contributed by atoms with Crippen molar-refractivity contribution in [3.8, 4) is 5.75 Å². The second-order valence-corrected chi connectivity index (χ2v) is 8.90. The Kier molecular flexibility index (Phi) is 7.90. The largest absolute Gasteiger partial charge is 0.486 e. The zero-order chi connectivity index (χ0) is 26.5. The van der Waals surface area contributed by atoms with E-state index in [1.807, 2.05) is 21.0 Å². The Morgan fingerprint density at radius 3 is 2.68 bits per heavy atom. The molecule has 1 aromatic carbocycles. The van der Waals surface area contributed by atoms with Crippen molar-refractivity contribution >= 4 is 29.0 Å². The lowest BCUT2D eigenvalue weighted by molar-refractivity contribution is 0.0941. The molecule has 1 aliphatic heterocycles. The van der Waals surface area contributed by atoms with Gasteiger partial charge in [-0.15, -0.1) is 0 Å². The van der Waals surface area contributed by atoms with Crippen LogP contribution in [0, 0.1) is 5.82 Å². The Balaban J connectivity index is 1.83. The highest BCUT2D eigenvalue weighted by Crippen LogP contribution is 2.29. The molecule has 37 heavy (non-hydrogen) atoms. The van der Waals surface area contributed by atoms with Gasteiger partial charge in [0.15, 0.2) is 11.3 Å². The fourth-order valence-corrected chi connectivity index (χ4v) is 3.88. The van der Waals surface area contributed by atoms with Crippen molar-refractivity contribution in [2.45, 2.75) is 32.7 Å². The number of cyclic esters (lactones) is 1. The molecule has 10 nitrogen and oxygen atoms in total. The van der Waals surface area contributed by atoms with E-state index in [1.165, 1.54) is 21.4 Å². The van der Waals surface area contributed by atoms with Gasteiger partial charge in [-0.1, -0.05) is 25.5 Å². The standard InChI is InChI=1S/C26H30FN5O5/c1-4-5-12-36-22-21(24(33)28-15-17-7-9-18(27)10-8-17)29-23-20(31-11-6-13-37-26(31)35)14-19(30(2)3)16-32(23)25(22)34/h7-10,14,16H,4-6,11-13,15H2,1-3H3,(H,28,33). The second kappa shape index (κ2) is 11.3. The van der Waals surface area contributed by atoms with Crippen LogP contribution in [0.15, 0.2) is 41.3 Å². The number of carbonyl (C=O) groups is 2.